The Morgan fingerprint density at radius 2 is 1.47 bits per heavy atom. The van der Waals surface area contributed by atoms with E-state index in [4.69, 9.17) is 0 Å². The number of carbonyl (C=O) groups excluding carboxylic acids is 1. The molecule has 0 unspecified atom stereocenters. The molecule has 0 aliphatic rings. The van der Waals surface area contributed by atoms with E-state index in [9.17, 15) is 26.7 Å². The van der Waals surface area contributed by atoms with Crippen LogP contribution in [0.1, 0.15) is 20.8 Å². The maximum Gasteiger partial charge on any atom is 0.449 e. The van der Waals surface area contributed by atoms with Crippen LogP contribution >= 0.6 is 0 Å². The number of esters is 1. The van der Waals surface area contributed by atoms with Gasteiger partial charge in [0.05, 0.1) is 5.41 Å². The third-order valence-electron chi connectivity index (χ3n) is 1.22. The van der Waals surface area contributed by atoms with E-state index >= 15 is 0 Å². The minimum Gasteiger partial charge on any atom is -0.396 e. The van der Waals surface area contributed by atoms with E-state index in [1.54, 1.807) is 0 Å². The molecule has 0 spiro atoms. The monoisotopic (exact) mass is 232 g/mol. The lowest BCUT2D eigenvalue weighted by Gasteiger charge is -2.15. The number of hydrogen-bond acceptors (Lipinski definition) is 2. The highest BCUT2D eigenvalue weighted by molar-refractivity contribution is 5.76. The van der Waals surface area contributed by atoms with Crippen molar-refractivity contribution in [2.24, 2.45) is 5.41 Å². The van der Waals surface area contributed by atoms with Gasteiger partial charge in [-0.15, -0.1) is 0 Å². The molecule has 15 heavy (non-hydrogen) atoms. The zero-order chi connectivity index (χ0) is 12.4. The van der Waals surface area contributed by atoms with E-state index in [1.807, 2.05) is 0 Å². The van der Waals surface area contributed by atoms with E-state index in [0.29, 0.717) is 0 Å². The molecule has 0 rings (SSSR count). The summed E-state index contributed by atoms with van der Waals surface area (Å²) in [7, 11) is 0. The maximum absolute atomic E-state index is 12.4. The summed E-state index contributed by atoms with van der Waals surface area (Å²) in [4.78, 5) is 10.9. The number of carbonyl (C=O) groups is 1. The van der Waals surface area contributed by atoms with Crippen LogP contribution in [0.5, 0.6) is 0 Å². The Balaban J connectivity index is 4.78. The topological polar surface area (TPSA) is 26.3 Å². The van der Waals surface area contributed by atoms with Crippen LogP contribution in [0, 0.1) is 5.41 Å². The summed E-state index contributed by atoms with van der Waals surface area (Å²) in [5, 5.41) is 0. The zero-order valence-corrected chi connectivity index (χ0v) is 8.21. The summed E-state index contributed by atoms with van der Waals surface area (Å²) < 4.78 is 62.9. The smallest absolute Gasteiger partial charge is 0.396 e. The average Bonchev–Trinajstić information content (AvgIpc) is 1.99. The van der Waals surface area contributed by atoms with Gasteiger partial charge in [0.2, 0.25) is 0 Å². The molecular formula is C8H9F5O2. The molecule has 0 saturated carbocycles. The summed E-state index contributed by atoms with van der Waals surface area (Å²) in [5.41, 5.74) is -1.22. The summed E-state index contributed by atoms with van der Waals surface area (Å²) in [5.74, 6) is -4.35. The normalized spacial score (nSPS) is 14.7. The van der Waals surface area contributed by atoms with E-state index < -0.39 is 29.4 Å². The van der Waals surface area contributed by atoms with Crippen molar-refractivity contribution >= 4 is 5.97 Å². The van der Waals surface area contributed by atoms with E-state index in [0.717, 1.165) is 0 Å². The van der Waals surface area contributed by atoms with Gasteiger partial charge in [0.1, 0.15) is 0 Å². The fourth-order valence-electron chi connectivity index (χ4n) is 0.391. The van der Waals surface area contributed by atoms with Gasteiger partial charge in [0.15, 0.2) is 0 Å². The first-order valence-electron chi connectivity index (χ1n) is 3.81. The largest absolute Gasteiger partial charge is 0.449 e. The van der Waals surface area contributed by atoms with Crippen molar-refractivity contribution in [2.75, 3.05) is 0 Å². The van der Waals surface area contributed by atoms with E-state index in [-0.39, 0.29) is 0 Å². The van der Waals surface area contributed by atoms with Crippen molar-refractivity contribution in [1.29, 1.82) is 0 Å². The average molecular weight is 232 g/mol. The second-order valence-electron chi connectivity index (χ2n) is 3.72. The van der Waals surface area contributed by atoms with Gasteiger partial charge in [0.25, 0.3) is 5.83 Å². The molecule has 0 aromatic heterocycles. The summed E-state index contributed by atoms with van der Waals surface area (Å²) in [6.45, 7) is 3.86. The molecule has 0 bridgehead atoms. The lowest BCUT2D eigenvalue weighted by atomic mass is 9.97. The van der Waals surface area contributed by atoms with Crippen molar-refractivity contribution in [3.8, 4) is 0 Å². The van der Waals surface area contributed by atoms with Gasteiger partial charge in [-0.3, -0.25) is 4.79 Å². The van der Waals surface area contributed by atoms with Crippen molar-refractivity contribution in [3.63, 3.8) is 0 Å². The number of alkyl halides is 3. The summed E-state index contributed by atoms with van der Waals surface area (Å²) in [6, 6.07) is -2.57. The van der Waals surface area contributed by atoms with Gasteiger partial charge in [-0.05, 0) is 20.8 Å². The minimum atomic E-state index is -5.50. The van der Waals surface area contributed by atoms with Gasteiger partial charge < -0.3 is 4.74 Å². The molecule has 0 heterocycles. The predicted octanol–water partition coefficient (Wildman–Crippen LogP) is 3.25. The summed E-state index contributed by atoms with van der Waals surface area (Å²) >= 11 is 0. The van der Waals surface area contributed by atoms with Crippen LogP contribution in [0.4, 0.5) is 22.0 Å². The van der Waals surface area contributed by atoms with Crippen molar-refractivity contribution in [2.45, 2.75) is 26.9 Å². The first-order valence-corrected chi connectivity index (χ1v) is 3.81. The second kappa shape index (κ2) is 4.16. The first-order chi connectivity index (χ1) is 6.46. The van der Waals surface area contributed by atoms with Crippen LogP contribution in [0.15, 0.2) is 11.8 Å². The lowest BCUT2D eigenvalue weighted by molar-refractivity contribution is -0.153. The molecule has 0 saturated heterocycles. The molecule has 0 fully saturated rings. The van der Waals surface area contributed by atoms with E-state index in [1.165, 1.54) is 20.8 Å². The van der Waals surface area contributed by atoms with Gasteiger partial charge in [-0.2, -0.15) is 22.0 Å². The Hall–Kier alpha value is -1.14. The predicted molar refractivity (Wildman–Crippen MR) is 40.8 cm³/mol. The third-order valence-corrected chi connectivity index (χ3v) is 1.22. The lowest BCUT2D eigenvalue weighted by Crippen LogP contribution is -2.23. The first kappa shape index (κ1) is 13.9. The molecule has 0 amide bonds. The molecule has 0 N–H and O–H groups in total. The standard InChI is InChI=1S/C8H9F5O2/c1-7(2,3)6(14)15-5(10)4(9)8(11,12)13/h1-3H3/b5-4-. The quantitative estimate of drug-likeness (QED) is 0.394. The Morgan fingerprint density at radius 1 is 1.07 bits per heavy atom. The van der Waals surface area contributed by atoms with Crippen molar-refractivity contribution in [3.05, 3.63) is 11.8 Å². The number of hydrogen-bond donors (Lipinski definition) is 0. The van der Waals surface area contributed by atoms with Crippen molar-refractivity contribution < 1.29 is 31.5 Å². The van der Waals surface area contributed by atoms with Crippen molar-refractivity contribution in [1.82, 2.24) is 0 Å². The van der Waals surface area contributed by atoms with Crippen LogP contribution in [-0.4, -0.2) is 12.1 Å². The number of allylic oxidation sites excluding steroid dienone is 1. The zero-order valence-electron chi connectivity index (χ0n) is 8.21. The molecule has 0 atom stereocenters. The maximum atomic E-state index is 12.4. The molecule has 7 heteroatoms. The van der Waals surface area contributed by atoms with Crippen LogP contribution in [-0.2, 0) is 9.53 Å². The fourth-order valence-corrected chi connectivity index (χ4v) is 0.391. The molecular weight excluding hydrogens is 223 g/mol. The molecule has 2 nitrogen and oxygen atoms in total. The van der Waals surface area contributed by atoms with Gasteiger partial charge in [-0.1, -0.05) is 0 Å². The van der Waals surface area contributed by atoms with E-state index in [2.05, 4.69) is 4.74 Å². The number of rotatable bonds is 1. The number of halogens is 5. The molecule has 0 aliphatic carbocycles. The molecule has 0 aliphatic heterocycles. The second-order valence-corrected chi connectivity index (χ2v) is 3.72. The van der Waals surface area contributed by atoms with Gasteiger partial charge in [0, 0.05) is 0 Å². The molecule has 0 aromatic carbocycles. The molecule has 0 aromatic rings. The molecule has 88 valence electrons. The highest BCUT2D eigenvalue weighted by Crippen LogP contribution is 2.31. The van der Waals surface area contributed by atoms with Gasteiger partial charge >= 0.3 is 18.2 Å². The Labute approximate surface area is 82.7 Å². The van der Waals surface area contributed by atoms with Crippen LogP contribution < -0.4 is 0 Å². The summed E-state index contributed by atoms with van der Waals surface area (Å²) in [6.07, 6.45) is -5.50. The fraction of sp³-hybridized carbons (Fsp3) is 0.625. The SMILES string of the molecule is CC(C)(C)C(=O)O/C(F)=C(\F)C(F)(F)F. The Kier molecular flexibility index (Phi) is 3.84. The third kappa shape index (κ3) is 4.26. The van der Waals surface area contributed by atoms with Crippen LogP contribution in [0.2, 0.25) is 0 Å². The highest BCUT2D eigenvalue weighted by atomic mass is 19.4. The van der Waals surface area contributed by atoms with Crippen LogP contribution in [0.3, 0.4) is 0 Å². The Morgan fingerprint density at radius 3 is 1.73 bits per heavy atom. The Bertz CT molecular complexity index is 284. The molecule has 0 radical (unpaired) electrons. The van der Waals surface area contributed by atoms with Gasteiger partial charge in [-0.25, -0.2) is 0 Å². The number of ether oxygens (including phenoxy) is 1. The minimum absolute atomic E-state index is 1.22. The van der Waals surface area contributed by atoms with Crippen LogP contribution in [0.25, 0.3) is 0 Å². The highest BCUT2D eigenvalue weighted by Gasteiger charge is 2.40.